The highest BCUT2D eigenvalue weighted by molar-refractivity contribution is 9.11. The maximum absolute atomic E-state index is 12.3. The quantitative estimate of drug-likeness (QED) is 0.677. The van der Waals surface area contributed by atoms with Gasteiger partial charge < -0.3 is 20.1 Å². The molecular weight excluding hydrogens is 432 g/mol. The highest BCUT2D eigenvalue weighted by Crippen LogP contribution is 2.32. The van der Waals surface area contributed by atoms with Crippen LogP contribution in [-0.2, 0) is 4.74 Å². The number of aromatic nitrogens is 1. The number of aromatic amines is 1. The minimum absolute atomic E-state index is 0.0380. The number of halogens is 2. The molecule has 122 valence electrons. The van der Waals surface area contributed by atoms with Crippen LogP contribution in [0.25, 0.3) is 10.9 Å². The second-order valence-corrected chi connectivity index (χ2v) is 7.10. The predicted molar refractivity (Wildman–Crippen MR) is 92.9 cm³/mol. The summed E-state index contributed by atoms with van der Waals surface area (Å²) >= 11 is 6.65. The van der Waals surface area contributed by atoms with Crippen LogP contribution >= 0.6 is 31.9 Å². The van der Waals surface area contributed by atoms with E-state index in [-0.39, 0.29) is 17.4 Å². The van der Waals surface area contributed by atoms with Gasteiger partial charge in [0, 0.05) is 27.5 Å². The zero-order chi connectivity index (χ0) is 16.6. The number of hydrogen-bond acceptors (Lipinski definition) is 4. The molecular formula is C15H14Br2N2O4. The molecule has 1 aromatic carbocycles. The number of benzene rings is 1. The Kier molecular flexibility index (Phi) is 4.74. The average Bonchev–Trinajstić information content (AvgIpc) is 3.00. The zero-order valence-corrected chi connectivity index (χ0v) is 15.2. The molecule has 1 aliphatic heterocycles. The second kappa shape index (κ2) is 6.62. The summed E-state index contributed by atoms with van der Waals surface area (Å²) in [5.74, 6) is -0.951. The minimum atomic E-state index is -0.636. The zero-order valence-electron chi connectivity index (χ0n) is 12.0. The highest BCUT2D eigenvalue weighted by atomic mass is 79.9. The molecule has 2 aromatic rings. The maximum Gasteiger partial charge on any atom is 0.265 e. The molecule has 0 radical (unpaired) electrons. The maximum atomic E-state index is 12.3. The summed E-state index contributed by atoms with van der Waals surface area (Å²) in [6, 6.07) is 3.39. The van der Waals surface area contributed by atoms with Crippen molar-refractivity contribution >= 4 is 48.7 Å². The molecule has 8 heteroatoms. The first-order valence-electron chi connectivity index (χ1n) is 7.11. The van der Waals surface area contributed by atoms with Crippen molar-refractivity contribution in [3.63, 3.8) is 0 Å². The van der Waals surface area contributed by atoms with E-state index >= 15 is 0 Å². The molecule has 6 nitrogen and oxygen atoms in total. The van der Waals surface area contributed by atoms with Crippen molar-refractivity contribution in [2.24, 2.45) is 0 Å². The Morgan fingerprint density at radius 3 is 2.91 bits per heavy atom. The van der Waals surface area contributed by atoms with Crippen LogP contribution in [-0.4, -0.2) is 35.3 Å². The first-order chi connectivity index (χ1) is 11.0. The Bertz CT molecular complexity index is 828. The van der Waals surface area contributed by atoms with E-state index in [1.165, 1.54) is 0 Å². The Morgan fingerprint density at radius 1 is 1.43 bits per heavy atom. The lowest BCUT2D eigenvalue weighted by Crippen LogP contribution is -2.35. The van der Waals surface area contributed by atoms with E-state index in [9.17, 15) is 14.7 Å². The predicted octanol–water partition coefficient (Wildman–Crippen LogP) is 2.67. The van der Waals surface area contributed by atoms with Gasteiger partial charge in [0.1, 0.15) is 11.3 Å². The van der Waals surface area contributed by atoms with Crippen LogP contribution in [0, 0.1) is 0 Å². The summed E-state index contributed by atoms with van der Waals surface area (Å²) in [6.45, 7) is 1.00. The van der Waals surface area contributed by atoms with Crippen molar-refractivity contribution in [1.82, 2.24) is 10.3 Å². The van der Waals surface area contributed by atoms with Gasteiger partial charge in [-0.1, -0.05) is 15.9 Å². The normalized spacial score (nSPS) is 17.6. The lowest BCUT2D eigenvalue weighted by molar-refractivity contribution is 0.0854. The number of nitrogens with one attached hydrogen (secondary N) is 2. The fourth-order valence-electron chi connectivity index (χ4n) is 2.62. The minimum Gasteiger partial charge on any atom is -0.506 e. The Hall–Kier alpha value is -1.38. The van der Waals surface area contributed by atoms with Gasteiger partial charge in [0.2, 0.25) is 0 Å². The van der Waals surface area contributed by atoms with Crippen LogP contribution in [0.2, 0.25) is 0 Å². The number of hydrogen-bond donors (Lipinski definition) is 3. The number of amides is 1. The first kappa shape index (κ1) is 16.5. The number of fused-ring (bicyclic) bond motifs is 1. The molecule has 0 bridgehead atoms. The molecule has 0 aliphatic carbocycles. The lowest BCUT2D eigenvalue weighted by atomic mass is 10.1. The smallest absolute Gasteiger partial charge is 0.265 e. The van der Waals surface area contributed by atoms with E-state index in [1.54, 1.807) is 12.1 Å². The fraction of sp³-hybridized carbons (Fsp3) is 0.333. The molecule has 0 spiro atoms. The van der Waals surface area contributed by atoms with Gasteiger partial charge in [-0.3, -0.25) is 9.59 Å². The monoisotopic (exact) mass is 444 g/mol. The molecule has 1 amide bonds. The van der Waals surface area contributed by atoms with Crippen LogP contribution in [0.15, 0.2) is 25.9 Å². The second-order valence-electron chi connectivity index (χ2n) is 5.33. The van der Waals surface area contributed by atoms with Gasteiger partial charge in [0.05, 0.1) is 11.6 Å². The van der Waals surface area contributed by atoms with E-state index in [2.05, 4.69) is 42.2 Å². The van der Waals surface area contributed by atoms with Crippen molar-refractivity contribution in [2.45, 2.75) is 18.9 Å². The van der Waals surface area contributed by atoms with E-state index in [1.807, 2.05) is 0 Å². The van der Waals surface area contributed by atoms with Gasteiger partial charge in [-0.2, -0.15) is 0 Å². The number of pyridine rings is 1. The highest BCUT2D eigenvalue weighted by Gasteiger charge is 2.22. The number of H-pyrrole nitrogens is 1. The summed E-state index contributed by atoms with van der Waals surface area (Å²) in [5.41, 5.74) is -0.491. The summed E-state index contributed by atoms with van der Waals surface area (Å²) in [7, 11) is 0. The molecule has 1 atom stereocenters. The molecule has 1 aliphatic rings. The van der Waals surface area contributed by atoms with Gasteiger partial charge in [0.15, 0.2) is 0 Å². The third-order valence-corrected chi connectivity index (χ3v) is 4.84. The topological polar surface area (TPSA) is 91.4 Å². The van der Waals surface area contributed by atoms with Crippen molar-refractivity contribution in [2.75, 3.05) is 13.2 Å². The van der Waals surface area contributed by atoms with E-state index in [0.29, 0.717) is 33.0 Å². The first-order valence-corrected chi connectivity index (χ1v) is 8.69. The molecule has 3 rings (SSSR count). The Labute approximate surface area is 148 Å². The van der Waals surface area contributed by atoms with Crippen LogP contribution in [0.3, 0.4) is 0 Å². The summed E-state index contributed by atoms with van der Waals surface area (Å²) < 4.78 is 6.75. The summed E-state index contributed by atoms with van der Waals surface area (Å²) in [4.78, 5) is 27.1. The van der Waals surface area contributed by atoms with Crippen LogP contribution in [0.4, 0.5) is 0 Å². The third-order valence-electron chi connectivity index (χ3n) is 3.75. The fourth-order valence-corrected chi connectivity index (χ4v) is 3.94. The van der Waals surface area contributed by atoms with E-state index in [0.717, 1.165) is 12.8 Å². The molecule has 2 heterocycles. The van der Waals surface area contributed by atoms with Gasteiger partial charge in [-0.05, 0) is 40.9 Å². The van der Waals surface area contributed by atoms with E-state index < -0.39 is 11.5 Å². The Morgan fingerprint density at radius 2 is 2.22 bits per heavy atom. The van der Waals surface area contributed by atoms with Gasteiger partial charge in [-0.15, -0.1) is 0 Å². The van der Waals surface area contributed by atoms with Crippen molar-refractivity contribution in [3.05, 3.63) is 37.0 Å². The molecule has 3 N–H and O–H groups in total. The van der Waals surface area contributed by atoms with Gasteiger partial charge in [0.25, 0.3) is 11.5 Å². The van der Waals surface area contributed by atoms with Crippen molar-refractivity contribution in [3.8, 4) is 5.75 Å². The van der Waals surface area contributed by atoms with Crippen LogP contribution in [0.1, 0.15) is 23.2 Å². The van der Waals surface area contributed by atoms with Gasteiger partial charge in [-0.25, -0.2) is 0 Å². The molecule has 0 saturated carbocycles. The molecule has 1 aromatic heterocycles. The number of rotatable bonds is 3. The van der Waals surface area contributed by atoms with E-state index in [4.69, 9.17) is 4.74 Å². The number of carbonyl (C=O) groups is 1. The molecule has 1 fully saturated rings. The van der Waals surface area contributed by atoms with Crippen LogP contribution in [0.5, 0.6) is 5.75 Å². The third kappa shape index (κ3) is 3.29. The summed E-state index contributed by atoms with van der Waals surface area (Å²) in [5, 5.41) is 13.4. The number of carbonyl (C=O) groups excluding carboxylic acids is 1. The largest absolute Gasteiger partial charge is 0.506 e. The molecule has 1 saturated heterocycles. The lowest BCUT2D eigenvalue weighted by Gasteiger charge is -2.12. The average molecular weight is 446 g/mol. The van der Waals surface area contributed by atoms with Crippen LogP contribution < -0.4 is 10.9 Å². The molecule has 0 unspecified atom stereocenters. The standard InChI is InChI=1S/C15H14Br2N2O4/c16-7-4-9-12(10(17)5-7)19-15(22)11(13(9)20)14(21)18-6-8-2-1-3-23-8/h4-5,8H,1-3,6H2,(H,18,21)(H2,19,20,22)/t8-/m1/s1. The molecule has 23 heavy (non-hydrogen) atoms. The van der Waals surface area contributed by atoms with Gasteiger partial charge >= 0.3 is 0 Å². The van der Waals surface area contributed by atoms with Crippen molar-refractivity contribution < 1.29 is 14.6 Å². The number of ether oxygens (including phenoxy) is 1. The SMILES string of the molecule is O=C(NC[C@H]1CCCO1)c1c(O)c2cc(Br)cc(Br)c2[nH]c1=O. The number of aromatic hydroxyl groups is 1. The Balaban J connectivity index is 1.96. The van der Waals surface area contributed by atoms with Crippen molar-refractivity contribution in [1.29, 1.82) is 0 Å². The summed E-state index contributed by atoms with van der Waals surface area (Å²) in [6.07, 6.45) is 1.80.